The number of hydrogen-bond acceptors (Lipinski definition) is 6. The van der Waals surface area contributed by atoms with Gasteiger partial charge in [0.2, 0.25) is 0 Å². The van der Waals surface area contributed by atoms with E-state index in [0.29, 0.717) is 17.1 Å². The third-order valence-electron chi connectivity index (χ3n) is 3.68. The van der Waals surface area contributed by atoms with Crippen molar-refractivity contribution < 1.29 is 14.3 Å². The molecule has 0 saturated carbocycles. The molecule has 6 heteroatoms. The van der Waals surface area contributed by atoms with Gasteiger partial charge in [0, 0.05) is 17.3 Å². The van der Waals surface area contributed by atoms with Gasteiger partial charge in [0.25, 0.3) is 0 Å². The number of carbonyl (C=O) groups is 1. The molecule has 0 bridgehead atoms. The molecule has 0 atom stereocenters. The zero-order valence-corrected chi connectivity index (χ0v) is 13.9. The van der Waals surface area contributed by atoms with Gasteiger partial charge in [0.15, 0.2) is 6.29 Å². The molecule has 0 fully saturated rings. The normalized spacial score (nSPS) is 10.2. The number of hydrogen-bond donors (Lipinski definition) is 1. The van der Waals surface area contributed by atoms with E-state index in [1.54, 1.807) is 19.2 Å². The van der Waals surface area contributed by atoms with Crippen LogP contribution in [0.4, 0.5) is 11.5 Å². The molecular weight excluding hydrogens is 318 g/mol. The number of nitrogens with one attached hydrogen (secondary N) is 1. The van der Waals surface area contributed by atoms with Gasteiger partial charge in [-0.1, -0.05) is 12.1 Å². The Morgan fingerprint density at radius 2 is 1.76 bits per heavy atom. The lowest BCUT2D eigenvalue weighted by Crippen LogP contribution is -1.98. The summed E-state index contributed by atoms with van der Waals surface area (Å²) in [5.74, 6) is 1.87. The molecule has 6 nitrogen and oxygen atoms in total. The van der Waals surface area contributed by atoms with Crippen LogP contribution in [0.25, 0.3) is 11.3 Å². The van der Waals surface area contributed by atoms with Crippen LogP contribution < -0.4 is 14.8 Å². The van der Waals surface area contributed by atoms with Crippen LogP contribution in [0, 0.1) is 0 Å². The fourth-order valence-electron chi connectivity index (χ4n) is 2.48. The summed E-state index contributed by atoms with van der Waals surface area (Å²) in [6.45, 7) is 0. The zero-order valence-electron chi connectivity index (χ0n) is 13.9. The van der Waals surface area contributed by atoms with Crippen LogP contribution in [0.3, 0.4) is 0 Å². The van der Waals surface area contributed by atoms with Crippen molar-refractivity contribution in [2.75, 3.05) is 19.5 Å². The number of aldehydes is 1. The van der Waals surface area contributed by atoms with Gasteiger partial charge in [-0.3, -0.25) is 4.79 Å². The predicted molar refractivity (Wildman–Crippen MR) is 95.7 cm³/mol. The highest BCUT2D eigenvalue weighted by Gasteiger charge is 2.09. The minimum Gasteiger partial charge on any atom is -0.496 e. The van der Waals surface area contributed by atoms with Crippen molar-refractivity contribution in [1.29, 1.82) is 0 Å². The molecule has 0 spiro atoms. The van der Waals surface area contributed by atoms with Crippen molar-refractivity contribution in [2.45, 2.75) is 0 Å². The molecule has 3 aromatic rings. The molecule has 1 N–H and O–H groups in total. The first kappa shape index (κ1) is 16.4. The summed E-state index contributed by atoms with van der Waals surface area (Å²) in [4.78, 5) is 19.7. The van der Waals surface area contributed by atoms with Gasteiger partial charge < -0.3 is 14.8 Å². The minimum atomic E-state index is 0.464. The van der Waals surface area contributed by atoms with E-state index in [2.05, 4.69) is 15.3 Å². The summed E-state index contributed by atoms with van der Waals surface area (Å²) >= 11 is 0. The molecule has 0 unspecified atom stereocenters. The lowest BCUT2D eigenvalue weighted by Gasteiger charge is -2.11. The highest BCUT2D eigenvalue weighted by molar-refractivity contribution is 5.82. The molecule has 1 aromatic heterocycles. The van der Waals surface area contributed by atoms with E-state index in [4.69, 9.17) is 9.47 Å². The molecule has 0 aliphatic carbocycles. The molecule has 3 rings (SSSR count). The van der Waals surface area contributed by atoms with Crippen molar-refractivity contribution in [3.8, 4) is 22.8 Å². The number of ether oxygens (including phenoxy) is 2. The number of nitrogens with zero attached hydrogens (tertiary/aromatic N) is 2. The number of para-hydroxylation sites is 1. The Hall–Kier alpha value is -3.41. The Labute approximate surface area is 145 Å². The SMILES string of the molecule is COc1ccc(Nc2cc(-c3ccccc3OC)ncn2)cc1C=O. The number of aromatic nitrogens is 2. The number of rotatable bonds is 6. The molecule has 2 aromatic carbocycles. The summed E-state index contributed by atoms with van der Waals surface area (Å²) in [7, 11) is 3.15. The fraction of sp³-hybridized carbons (Fsp3) is 0.105. The molecule has 126 valence electrons. The monoisotopic (exact) mass is 335 g/mol. The van der Waals surface area contributed by atoms with E-state index < -0.39 is 0 Å². The van der Waals surface area contributed by atoms with Crippen LogP contribution in [0.5, 0.6) is 11.5 Å². The molecule has 0 radical (unpaired) electrons. The van der Waals surface area contributed by atoms with Crippen molar-refractivity contribution in [1.82, 2.24) is 9.97 Å². The van der Waals surface area contributed by atoms with Gasteiger partial charge in [-0.2, -0.15) is 0 Å². The Bertz CT molecular complexity index is 897. The second kappa shape index (κ2) is 7.44. The quantitative estimate of drug-likeness (QED) is 0.692. The van der Waals surface area contributed by atoms with Gasteiger partial charge in [-0.05, 0) is 30.3 Å². The van der Waals surface area contributed by atoms with Crippen LogP contribution in [0.1, 0.15) is 10.4 Å². The molecule has 1 heterocycles. The summed E-state index contributed by atoms with van der Waals surface area (Å²) < 4.78 is 10.5. The van der Waals surface area contributed by atoms with Crippen LogP contribution >= 0.6 is 0 Å². The Balaban J connectivity index is 1.91. The van der Waals surface area contributed by atoms with Crippen LogP contribution in [-0.2, 0) is 0 Å². The fourth-order valence-corrected chi connectivity index (χ4v) is 2.48. The van der Waals surface area contributed by atoms with E-state index in [-0.39, 0.29) is 0 Å². The second-order valence-corrected chi connectivity index (χ2v) is 5.19. The first-order chi connectivity index (χ1) is 12.2. The maximum atomic E-state index is 11.2. The number of anilines is 2. The first-order valence-electron chi connectivity index (χ1n) is 7.61. The van der Waals surface area contributed by atoms with Gasteiger partial charge in [0.05, 0.1) is 25.5 Å². The van der Waals surface area contributed by atoms with Crippen molar-refractivity contribution >= 4 is 17.8 Å². The average molecular weight is 335 g/mol. The summed E-state index contributed by atoms with van der Waals surface area (Å²) in [5.41, 5.74) is 2.80. The number of carbonyl (C=O) groups excluding carboxylic acids is 1. The standard InChI is InChI=1S/C19H17N3O3/c1-24-17-8-7-14(9-13(17)11-23)22-19-10-16(20-12-21-19)15-5-3-4-6-18(15)25-2/h3-12H,1-2H3,(H,20,21,22). The van der Waals surface area contributed by atoms with Crippen molar-refractivity contribution in [3.05, 3.63) is 60.4 Å². The van der Waals surface area contributed by atoms with E-state index in [0.717, 1.165) is 29.0 Å². The van der Waals surface area contributed by atoms with Crippen molar-refractivity contribution in [2.24, 2.45) is 0 Å². The smallest absolute Gasteiger partial charge is 0.153 e. The Morgan fingerprint density at radius 1 is 0.960 bits per heavy atom. The topological polar surface area (TPSA) is 73.3 Å². The number of benzene rings is 2. The maximum absolute atomic E-state index is 11.2. The molecule has 0 saturated heterocycles. The Kier molecular flexibility index (Phi) is 4.89. The second-order valence-electron chi connectivity index (χ2n) is 5.19. The van der Waals surface area contributed by atoms with Gasteiger partial charge in [-0.25, -0.2) is 9.97 Å². The predicted octanol–water partition coefficient (Wildman–Crippen LogP) is 3.72. The molecule has 0 aliphatic heterocycles. The third kappa shape index (κ3) is 3.58. The lowest BCUT2D eigenvalue weighted by atomic mass is 10.1. The van der Waals surface area contributed by atoms with Crippen LogP contribution in [0.15, 0.2) is 54.9 Å². The largest absolute Gasteiger partial charge is 0.496 e. The maximum Gasteiger partial charge on any atom is 0.153 e. The van der Waals surface area contributed by atoms with Crippen LogP contribution in [-0.4, -0.2) is 30.5 Å². The summed E-state index contributed by atoms with van der Waals surface area (Å²) in [5, 5.41) is 3.17. The van der Waals surface area contributed by atoms with E-state index >= 15 is 0 Å². The number of methoxy groups -OCH3 is 2. The summed E-state index contributed by atoms with van der Waals surface area (Å²) in [6, 6.07) is 14.7. The van der Waals surface area contributed by atoms with Gasteiger partial charge >= 0.3 is 0 Å². The molecular formula is C19H17N3O3. The van der Waals surface area contributed by atoms with E-state index in [9.17, 15) is 4.79 Å². The molecule has 0 amide bonds. The zero-order chi connectivity index (χ0) is 17.6. The van der Waals surface area contributed by atoms with E-state index in [1.165, 1.54) is 13.4 Å². The Morgan fingerprint density at radius 3 is 2.52 bits per heavy atom. The van der Waals surface area contributed by atoms with Crippen molar-refractivity contribution in [3.63, 3.8) is 0 Å². The minimum absolute atomic E-state index is 0.464. The molecule has 0 aliphatic rings. The highest BCUT2D eigenvalue weighted by Crippen LogP contribution is 2.29. The van der Waals surface area contributed by atoms with E-state index in [1.807, 2.05) is 36.4 Å². The average Bonchev–Trinajstić information content (AvgIpc) is 2.68. The lowest BCUT2D eigenvalue weighted by molar-refractivity contribution is 0.112. The third-order valence-corrected chi connectivity index (χ3v) is 3.68. The molecule has 25 heavy (non-hydrogen) atoms. The summed E-state index contributed by atoms with van der Waals surface area (Å²) in [6.07, 6.45) is 2.23. The van der Waals surface area contributed by atoms with Gasteiger partial charge in [-0.15, -0.1) is 0 Å². The first-order valence-corrected chi connectivity index (χ1v) is 7.61. The van der Waals surface area contributed by atoms with Crippen LogP contribution in [0.2, 0.25) is 0 Å². The van der Waals surface area contributed by atoms with Gasteiger partial charge in [0.1, 0.15) is 23.6 Å². The highest BCUT2D eigenvalue weighted by atomic mass is 16.5.